The Bertz CT molecular complexity index is 892. The number of fused-ring (bicyclic) bond motifs is 4. The van der Waals surface area contributed by atoms with Crippen molar-refractivity contribution in [3.05, 3.63) is 59.4 Å². The number of benzene rings is 2. The quantitative estimate of drug-likeness (QED) is 0.863. The molecule has 0 aromatic heterocycles. The fourth-order valence-electron chi connectivity index (χ4n) is 4.99. The first kappa shape index (κ1) is 17.7. The highest BCUT2D eigenvalue weighted by molar-refractivity contribution is 5.70. The number of ether oxygens (including phenoxy) is 1. The number of amides is 1. The maximum Gasteiger partial charge on any atom is 0.407 e. The molecule has 0 radical (unpaired) electrons. The molecule has 0 spiro atoms. The van der Waals surface area contributed by atoms with Crippen LogP contribution in [0.3, 0.4) is 0 Å². The third-order valence-electron chi connectivity index (χ3n) is 6.55. The van der Waals surface area contributed by atoms with Crippen LogP contribution in [0.25, 0.3) is 11.1 Å². The molecule has 1 amide bonds. The van der Waals surface area contributed by atoms with Crippen molar-refractivity contribution in [3.8, 4) is 11.1 Å². The molecule has 3 saturated heterocycles. The molecule has 3 fully saturated rings. The minimum Gasteiger partial charge on any atom is -0.445 e. The molecule has 2 aromatic carbocycles. The van der Waals surface area contributed by atoms with Crippen LogP contribution in [0.1, 0.15) is 36.4 Å². The predicted molar refractivity (Wildman–Crippen MR) is 105 cm³/mol. The van der Waals surface area contributed by atoms with Gasteiger partial charge in [-0.3, -0.25) is 4.90 Å². The van der Waals surface area contributed by atoms with Crippen molar-refractivity contribution in [3.63, 3.8) is 0 Å². The molecule has 6 rings (SSSR count). The molecule has 1 unspecified atom stereocenters. The number of piperidine rings is 3. The van der Waals surface area contributed by atoms with Crippen LogP contribution in [0, 0.1) is 11.7 Å². The van der Waals surface area contributed by atoms with E-state index < -0.39 is 0 Å². The van der Waals surface area contributed by atoms with E-state index in [0.717, 1.165) is 56.4 Å². The molecular formula is C23H25FN2O2. The van der Waals surface area contributed by atoms with Crippen LogP contribution >= 0.6 is 0 Å². The highest BCUT2D eigenvalue weighted by Gasteiger charge is 2.37. The zero-order valence-corrected chi connectivity index (χ0v) is 15.9. The van der Waals surface area contributed by atoms with Crippen molar-refractivity contribution in [1.82, 2.24) is 10.2 Å². The van der Waals surface area contributed by atoms with Crippen molar-refractivity contribution in [2.45, 2.75) is 37.8 Å². The van der Waals surface area contributed by atoms with Crippen LogP contribution in [0.4, 0.5) is 9.18 Å². The molecule has 146 valence electrons. The van der Waals surface area contributed by atoms with Gasteiger partial charge in [-0.05, 0) is 67.4 Å². The number of alkyl carbamates (subject to hydrolysis) is 1. The van der Waals surface area contributed by atoms with E-state index in [1.165, 1.54) is 11.6 Å². The Morgan fingerprint density at radius 3 is 2.68 bits per heavy atom. The summed E-state index contributed by atoms with van der Waals surface area (Å²) >= 11 is 0. The normalized spacial score (nSPS) is 28.0. The van der Waals surface area contributed by atoms with Gasteiger partial charge in [0.1, 0.15) is 11.9 Å². The van der Waals surface area contributed by atoms with E-state index >= 15 is 0 Å². The van der Waals surface area contributed by atoms with Crippen LogP contribution in [0.5, 0.6) is 0 Å². The first-order valence-electron chi connectivity index (χ1n) is 10.2. The van der Waals surface area contributed by atoms with E-state index in [0.29, 0.717) is 11.5 Å². The molecule has 2 atom stereocenters. The summed E-state index contributed by atoms with van der Waals surface area (Å²) in [7, 11) is 0. The van der Waals surface area contributed by atoms with E-state index in [9.17, 15) is 9.18 Å². The van der Waals surface area contributed by atoms with Crippen LogP contribution in [-0.2, 0) is 11.2 Å². The summed E-state index contributed by atoms with van der Waals surface area (Å²) in [6.07, 6.45) is 3.70. The number of nitrogens with zero attached hydrogens (tertiary/aromatic N) is 1. The monoisotopic (exact) mass is 380 g/mol. The smallest absolute Gasteiger partial charge is 0.407 e. The summed E-state index contributed by atoms with van der Waals surface area (Å²) in [5.41, 5.74) is 3.79. The summed E-state index contributed by atoms with van der Waals surface area (Å²) in [6, 6.07) is 12.8. The molecule has 4 aliphatic rings. The minimum atomic E-state index is -0.310. The van der Waals surface area contributed by atoms with Gasteiger partial charge >= 0.3 is 6.09 Å². The second-order valence-corrected chi connectivity index (χ2v) is 8.21. The first-order chi connectivity index (χ1) is 13.7. The molecule has 5 heteroatoms. The molecule has 2 aromatic rings. The van der Waals surface area contributed by atoms with Crippen LogP contribution in [0.2, 0.25) is 0 Å². The fraction of sp³-hybridized carbons (Fsp3) is 0.435. The van der Waals surface area contributed by atoms with E-state index in [2.05, 4.69) is 10.2 Å². The molecule has 0 saturated carbocycles. The number of aryl methyl sites for hydroxylation is 1. The fourth-order valence-corrected chi connectivity index (χ4v) is 4.99. The van der Waals surface area contributed by atoms with Gasteiger partial charge in [-0.15, -0.1) is 0 Å². The van der Waals surface area contributed by atoms with E-state index in [4.69, 9.17) is 4.74 Å². The lowest BCUT2D eigenvalue weighted by Gasteiger charge is -2.43. The van der Waals surface area contributed by atoms with Crippen LogP contribution in [0.15, 0.2) is 42.5 Å². The maximum absolute atomic E-state index is 14.1. The minimum absolute atomic E-state index is 0.0202. The van der Waals surface area contributed by atoms with Crippen molar-refractivity contribution >= 4 is 6.09 Å². The van der Waals surface area contributed by atoms with Gasteiger partial charge in [0, 0.05) is 12.1 Å². The van der Waals surface area contributed by atoms with Crippen LogP contribution in [-0.4, -0.2) is 36.7 Å². The topological polar surface area (TPSA) is 41.6 Å². The Labute approximate surface area is 164 Å². The van der Waals surface area contributed by atoms with E-state index in [1.54, 1.807) is 12.1 Å². The average Bonchev–Trinajstić information content (AvgIpc) is 3.11. The third kappa shape index (κ3) is 3.28. The number of carbonyl (C=O) groups excluding carboxylic acids is 1. The second-order valence-electron chi connectivity index (χ2n) is 8.21. The predicted octanol–water partition coefficient (Wildman–Crippen LogP) is 4.30. The number of carbonyl (C=O) groups is 1. The summed E-state index contributed by atoms with van der Waals surface area (Å²) in [5, 5.41) is 3.06. The lowest BCUT2D eigenvalue weighted by molar-refractivity contribution is -0.0339. The highest BCUT2D eigenvalue weighted by Crippen LogP contribution is 2.35. The van der Waals surface area contributed by atoms with Gasteiger partial charge in [0.25, 0.3) is 0 Å². The molecular weight excluding hydrogens is 355 g/mol. The number of nitrogens with one attached hydrogen (secondary N) is 1. The Kier molecular flexibility index (Phi) is 4.55. The summed E-state index contributed by atoms with van der Waals surface area (Å²) in [6.45, 7) is 3.13. The van der Waals surface area contributed by atoms with Gasteiger partial charge < -0.3 is 10.1 Å². The van der Waals surface area contributed by atoms with Gasteiger partial charge in [-0.1, -0.05) is 36.4 Å². The number of hydrogen-bond acceptors (Lipinski definition) is 3. The molecule has 3 aliphatic heterocycles. The summed E-state index contributed by atoms with van der Waals surface area (Å²) in [4.78, 5) is 14.9. The SMILES string of the molecule is O=C(NC1CCc2cc(-c3ccccc3F)ccc21)O[C@@H]1CN2CCC1CC2. The van der Waals surface area contributed by atoms with Crippen molar-refractivity contribution in [2.24, 2.45) is 5.92 Å². The molecule has 1 aliphatic carbocycles. The summed E-state index contributed by atoms with van der Waals surface area (Å²) in [5.74, 6) is 0.297. The number of rotatable bonds is 3. The first-order valence-corrected chi connectivity index (χ1v) is 10.2. The molecule has 3 heterocycles. The van der Waals surface area contributed by atoms with Gasteiger partial charge in [0.05, 0.1) is 6.04 Å². The zero-order chi connectivity index (χ0) is 19.1. The summed E-state index contributed by atoms with van der Waals surface area (Å²) < 4.78 is 19.9. The molecule has 1 N–H and O–H groups in total. The third-order valence-corrected chi connectivity index (χ3v) is 6.55. The van der Waals surface area contributed by atoms with Gasteiger partial charge in [0.15, 0.2) is 0 Å². The highest BCUT2D eigenvalue weighted by atomic mass is 19.1. The lowest BCUT2D eigenvalue weighted by atomic mass is 9.86. The van der Waals surface area contributed by atoms with Gasteiger partial charge in [-0.25, -0.2) is 9.18 Å². The molecule has 4 nitrogen and oxygen atoms in total. The Morgan fingerprint density at radius 2 is 1.93 bits per heavy atom. The van der Waals surface area contributed by atoms with Crippen molar-refractivity contribution < 1.29 is 13.9 Å². The average molecular weight is 380 g/mol. The Balaban J connectivity index is 1.26. The Morgan fingerprint density at radius 1 is 1.11 bits per heavy atom. The van der Waals surface area contributed by atoms with Crippen molar-refractivity contribution in [2.75, 3.05) is 19.6 Å². The maximum atomic E-state index is 14.1. The lowest BCUT2D eigenvalue weighted by Crippen LogP contribution is -2.52. The van der Waals surface area contributed by atoms with Gasteiger partial charge in [0.2, 0.25) is 0 Å². The standard InChI is InChI=1S/C23H25FN2O2/c24-20-4-2-1-3-18(20)16-5-7-19-17(13-16)6-8-21(19)25-23(27)28-22-14-26-11-9-15(22)10-12-26/h1-5,7,13,15,21-22H,6,8-12,14H2,(H,25,27)/t21?,22-/m1/s1. The zero-order valence-electron chi connectivity index (χ0n) is 15.9. The van der Waals surface area contributed by atoms with E-state index in [-0.39, 0.29) is 24.1 Å². The van der Waals surface area contributed by atoms with Gasteiger partial charge in [-0.2, -0.15) is 0 Å². The van der Waals surface area contributed by atoms with Crippen LogP contribution < -0.4 is 5.32 Å². The van der Waals surface area contributed by atoms with E-state index in [1.807, 2.05) is 24.3 Å². The van der Waals surface area contributed by atoms with Crippen molar-refractivity contribution in [1.29, 1.82) is 0 Å². The largest absolute Gasteiger partial charge is 0.445 e. The number of halogens is 1. The number of hydrogen-bond donors (Lipinski definition) is 1. The Hall–Kier alpha value is -2.40. The molecule has 2 bridgehead atoms. The second kappa shape index (κ2) is 7.21. The molecule has 28 heavy (non-hydrogen) atoms.